The molecule has 2 N–H and O–H groups in total. The molecule has 0 amide bonds. The number of benzene rings is 2. The predicted octanol–water partition coefficient (Wildman–Crippen LogP) is 5.69. The number of hydrogen-bond acceptors (Lipinski definition) is 6. The Morgan fingerprint density at radius 3 is 1.44 bits per heavy atom. The molecule has 0 saturated heterocycles. The van der Waals surface area contributed by atoms with Gasteiger partial charge in [0.25, 0.3) is 11.1 Å². The molecule has 0 aliphatic heterocycles. The summed E-state index contributed by atoms with van der Waals surface area (Å²) in [6.07, 6.45) is 0. The minimum absolute atomic E-state index is 0.256. The topological polar surface area (TPSA) is 75.6 Å². The van der Waals surface area contributed by atoms with Crippen molar-refractivity contribution in [3.63, 3.8) is 0 Å². The van der Waals surface area contributed by atoms with Crippen LogP contribution in [0.25, 0.3) is 41.2 Å². The number of fused-ring (bicyclic) bond motifs is 5. The molecule has 32 heavy (non-hydrogen) atoms. The minimum Gasteiger partial charge on any atom is -0.323 e. The van der Waals surface area contributed by atoms with E-state index < -0.39 is 0 Å². The molecule has 0 unspecified atom stereocenters. The van der Waals surface area contributed by atoms with Gasteiger partial charge in [-0.3, -0.25) is 18.7 Å². The standard InChI is InChI=1S/C22H12N4O2S4/c27-18-14-13-15-17(24-22(30)26(19(15)28)12-9-5-2-6-10-12)32-20(13)31-16(14)23-21(29)25(18)11-7-3-1-4-8-11/h1-10H,(H,23,29)(H,24,30). The monoisotopic (exact) mass is 492 g/mol. The fourth-order valence-corrected chi connectivity index (χ4v) is 7.13. The van der Waals surface area contributed by atoms with Gasteiger partial charge in [0.05, 0.1) is 26.2 Å². The molecule has 0 radical (unpaired) electrons. The summed E-state index contributed by atoms with van der Waals surface area (Å²) >= 11 is 13.8. The molecule has 156 valence electrons. The third kappa shape index (κ3) is 2.74. The van der Waals surface area contributed by atoms with Gasteiger partial charge in [0.2, 0.25) is 0 Å². The van der Waals surface area contributed by atoms with E-state index >= 15 is 0 Å². The largest absolute Gasteiger partial charge is 0.323 e. The predicted molar refractivity (Wildman–Crippen MR) is 136 cm³/mol. The van der Waals surface area contributed by atoms with Crippen LogP contribution in [0.3, 0.4) is 0 Å². The van der Waals surface area contributed by atoms with Crippen molar-refractivity contribution in [2.24, 2.45) is 0 Å². The van der Waals surface area contributed by atoms with Crippen LogP contribution in [0.15, 0.2) is 70.3 Å². The van der Waals surface area contributed by atoms with Gasteiger partial charge in [-0.15, -0.1) is 22.7 Å². The van der Waals surface area contributed by atoms with E-state index in [9.17, 15) is 9.59 Å². The Kier molecular flexibility index (Phi) is 4.37. The van der Waals surface area contributed by atoms with Crippen LogP contribution in [-0.2, 0) is 0 Å². The SMILES string of the molecule is O=c1c2c([nH]c(=S)n1-c1ccccc1)sc1sc3[nH]c(=S)n(-c4ccccc4)c(=O)c3c12. The highest BCUT2D eigenvalue weighted by Crippen LogP contribution is 2.40. The highest BCUT2D eigenvalue weighted by Gasteiger charge is 2.21. The van der Waals surface area contributed by atoms with E-state index in [4.69, 9.17) is 24.4 Å². The molecule has 0 saturated carbocycles. The van der Waals surface area contributed by atoms with Crippen molar-refractivity contribution in [3.05, 3.63) is 90.9 Å². The minimum atomic E-state index is -0.256. The zero-order valence-electron chi connectivity index (χ0n) is 16.1. The van der Waals surface area contributed by atoms with Crippen molar-refractivity contribution in [1.29, 1.82) is 0 Å². The first kappa shape index (κ1) is 19.5. The Morgan fingerprint density at radius 2 is 1.03 bits per heavy atom. The van der Waals surface area contributed by atoms with Crippen LogP contribution in [0, 0.1) is 9.54 Å². The molecule has 6 nitrogen and oxygen atoms in total. The van der Waals surface area contributed by atoms with Gasteiger partial charge in [0.15, 0.2) is 9.54 Å². The normalized spacial score (nSPS) is 11.6. The molecule has 0 spiro atoms. The van der Waals surface area contributed by atoms with E-state index in [1.807, 2.05) is 60.7 Å². The van der Waals surface area contributed by atoms with Crippen molar-refractivity contribution < 1.29 is 0 Å². The second kappa shape index (κ2) is 7.17. The molecule has 4 heterocycles. The summed E-state index contributed by atoms with van der Waals surface area (Å²) in [7, 11) is 0. The number of H-pyrrole nitrogens is 2. The first-order valence-electron chi connectivity index (χ1n) is 9.55. The summed E-state index contributed by atoms with van der Waals surface area (Å²) in [5, 5.41) is 1.54. The lowest BCUT2D eigenvalue weighted by molar-refractivity contribution is 0.942. The number of nitrogens with zero attached hydrogens (tertiary/aromatic N) is 2. The van der Waals surface area contributed by atoms with Gasteiger partial charge in [-0.05, 0) is 48.7 Å². The molecule has 0 aliphatic rings. The Balaban J connectivity index is 1.80. The Hall–Kier alpha value is -3.18. The number of hydrogen-bond donors (Lipinski definition) is 2. The molecule has 0 fully saturated rings. The molecule has 2 aromatic carbocycles. The summed E-state index contributed by atoms with van der Waals surface area (Å²) in [5.41, 5.74) is 0.823. The average molecular weight is 493 g/mol. The van der Waals surface area contributed by atoms with Crippen LogP contribution in [0.1, 0.15) is 0 Å². The number of aromatic amines is 2. The summed E-state index contributed by atoms with van der Waals surface area (Å²) in [6, 6.07) is 18.5. The van der Waals surface area contributed by atoms with Crippen molar-refractivity contribution in [1.82, 2.24) is 19.1 Å². The van der Waals surface area contributed by atoms with E-state index in [0.717, 1.165) is 4.01 Å². The maximum absolute atomic E-state index is 13.6. The lowest BCUT2D eigenvalue weighted by Crippen LogP contribution is -2.21. The van der Waals surface area contributed by atoms with Gasteiger partial charge in [-0.1, -0.05) is 36.4 Å². The Bertz CT molecular complexity index is 1770. The number of aromatic nitrogens is 4. The summed E-state index contributed by atoms with van der Waals surface area (Å²) in [6.45, 7) is 0. The third-order valence-electron chi connectivity index (χ3n) is 5.26. The Morgan fingerprint density at radius 1 is 0.625 bits per heavy atom. The molecule has 0 atom stereocenters. The molecule has 0 bridgehead atoms. The lowest BCUT2D eigenvalue weighted by atomic mass is 10.2. The average Bonchev–Trinajstić information content (AvgIpc) is 3.30. The van der Waals surface area contributed by atoms with Crippen molar-refractivity contribution in [3.8, 4) is 11.4 Å². The second-order valence-electron chi connectivity index (χ2n) is 7.09. The quantitative estimate of drug-likeness (QED) is 0.305. The van der Waals surface area contributed by atoms with E-state index in [-0.39, 0.29) is 11.1 Å². The molecular formula is C22H12N4O2S4. The molecule has 10 heteroatoms. The van der Waals surface area contributed by atoms with E-state index in [1.165, 1.54) is 31.8 Å². The number of thiophene rings is 2. The van der Waals surface area contributed by atoms with Crippen LogP contribution >= 0.6 is 47.1 Å². The van der Waals surface area contributed by atoms with Crippen LogP contribution in [-0.4, -0.2) is 19.1 Å². The van der Waals surface area contributed by atoms with Crippen LogP contribution in [0.2, 0.25) is 0 Å². The van der Waals surface area contributed by atoms with Gasteiger partial charge in [-0.2, -0.15) is 0 Å². The maximum atomic E-state index is 13.6. The van der Waals surface area contributed by atoms with Gasteiger partial charge in [0.1, 0.15) is 9.66 Å². The summed E-state index contributed by atoms with van der Waals surface area (Å²) < 4.78 is 4.42. The highest BCUT2D eigenvalue weighted by molar-refractivity contribution is 7.71. The van der Waals surface area contributed by atoms with Gasteiger partial charge >= 0.3 is 0 Å². The molecule has 4 aromatic heterocycles. The van der Waals surface area contributed by atoms with E-state index in [1.54, 1.807) is 0 Å². The lowest BCUT2D eigenvalue weighted by Gasteiger charge is -2.07. The molecular weight excluding hydrogens is 481 g/mol. The summed E-state index contributed by atoms with van der Waals surface area (Å²) in [4.78, 5) is 35.0. The number of rotatable bonds is 2. The Labute approximate surface area is 197 Å². The van der Waals surface area contributed by atoms with Crippen molar-refractivity contribution >= 4 is 76.9 Å². The van der Waals surface area contributed by atoms with Gasteiger partial charge < -0.3 is 9.97 Å². The number of nitrogens with one attached hydrogen (secondary N) is 2. The fourth-order valence-electron chi connectivity index (χ4n) is 3.89. The number of para-hydroxylation sites is 2. The van der Waals surface area contributed by atoms with Gasteiger partial charge in [-0.25, -0.2) is 0 Å². The fraction of sp³-hybridized carbons (Fsp3) is 0. The molecule has 6 aromatic rings. The highest BCUT2D eigenvalue weighted by atomic mass is 32.2. The first-order chi connectivity index (χ1) is 15.5. The van der Waals surface area contributed by atoms with Crippen LogP contribution in [0.5, 0.6) is 0 Å². The maximum Gasteiger partial charge on any atom is 0.268 e. The van der Waals surface area contributed by atoms with Crippen LogP contribution in [0.4, 0.5) is 0 Å². The second-order valence-corrected chi connectivity index (χ2v) is 10.2. The van der Waals surface area contributed by atoms with Gasteiger partial charge in [0, 0.05) is 5.39 Å². The first-order valence-corrected chi connectivity index (χ1v) is 12.0. The van der Waals surface area contributed by atoms with E-state index in [2.05, 4.69) is 9.97 Å². The summed E-state index contributed by atoms with van der Waals surface area (Å²) in [5.74, 6) is 0. The van der Waals surface area contributed by atoms with Crippen molar-refractivity contribution in [2.75, 3.05) is 0 Å². The zero-order chi connectivity index (χ0) is 22.0. The molecule has 0 aliphatic carbocycles. The van der Waals surface area contributed by atoms with E-state index in [0.29, 0.717) is 46.7 Å². The zero-order valence-corrected chi connectivity index (χ0v) is 19.4. The van der Waals surface area contributed by atoms with Crippen molar-refractivity contribution in [2.45, 2.75) is 0 Å². The molecule has 6 rings (SSSR count). The van der Waals surface area contributed by atoms with Crippen LogP contribution < -0.4 is 11.1 Å². The third-order valence-corrected chi connectivity index (χ3v) is 8.13. The smallest absolute Gasteiger partial charge is 0.268 e.